The van der Waals surface area contributed by atoms with E-state index in [4.69, 9.17) is 16.3 Å². The van der Waals surface area contributed by atoms with Gasteiger partial charge in [0.2, 0.25) is 0 Å². The van der Waals surface area contributed by atoms with Crippen LogP contribution in [-0.2, 0) is 4.74 Å². The van der Waals surface area contributed by atoms with Gasteiger partial charge in [-0.3, -0.25) is 4.79 Å². The molecule has 0 aliphatic carbocycles. The number of rotatable bonds is 4. The molecule has 4 nitrogen and oxygen atoms in total. The summed E-state index contributed by atoms with van der Waals surface area (Å²) in [7, 11) is 0. The number of carbonyl (C=O) groups is 1. The normalized spacial score (nSPS) is 18.6. The Morgan fingerprint density at radius 2 is 2.28 bits per heavy atom. The molecular weight excluding hydrogens is 274 g/mol. The molecule has 2 N–H and O–H groups in total. The molecule has 1 atom stereocenters. The van der Waals surface area contributed by atoms with Crippen molar-refractivity contribution in [3.8, 4) is 0 Å². The van der Waals surface area contributed by atoms with Crippen LogP contribution >= 0.6 is 22.9 Å². The van der Waals surface area contributed by atoms with Crippen molar-refractivity contribution in [2.45, 2.75) is 18.9 Å². The van der Waals surface area contributed by atoms with E-state index in [0.29, 0.717) is 22.4 Å². The van der Waals surface area contributed by atoms with Gasteiger partial charge in [-0.05, 0) is 30.9 Å². The third kappa shape index (κ3) is 3.68. The van der Waals surface area contributed by atoms with Crippen LogP contribution in [0.2, 0.25) is 4.34 Å². The SMILES string of the molecule is O=C(NC[C@H](O)C1CCOCC1)c1ccc(Cl)s1. The van der Waals surface area contributed by atoms with Gasteiger partial charge < -0.3 is 15.2 Å². The fourth-order valence-electron chi connectivity index (χ4n) is 1.99. The summed E-state index contributed by atoms with van der Waals surface area (Å²) < 4.78 is 5.82. The molecule has 1 fully saturated rings. The second-order valence-electron chi connectivity index (χ2n) is 4.33. The molecule has 100 valence electrons. The molecule has 0 spiro atoms. The molecule has 1 aliphatic rings. The number of ether oxygens (including phenoxy) is 1. The first kappa shape index (κ1) is 13.8. The van der Waals surface area contributed by atoms with Gasteiger partial charge in [-0.15, -0.1) is 11.3 Å². The van der Waals surface area contributed by atoms with Crippen molar-refractivity contribution in [3.05, 3.63) is 21.3 Å². The highest BCUT2D eigenvalue weighted by Gasteiger charge is 2.22. The van der Waals surface area contributed by atoms with Crippen LogP contribution in [0, 0.1) is 5.92 Å². The Bertz CT molecular complexity index is 404. The van der Waals surface area contributed by atoms with Gasteiger partial charge in [0.1, 0.15) is 0 Å². The minimum Gasteiger partial charge on any atom is -0.391 e. The molecule has 18 heavy (non-hydrogen) atoms. The first-order chi connectivity index (χ1) is 8.66. The Morgan fingerprint density at radius 1 is 1.56 bits per heavy atom. The van der Waals surface area contributed by atoms with E-state index in [1.165, 1.54) is 11.3 Å². The number of amides is 1. The number of hydrogen-bond donors (Lipinski definition) is 2. The zero-order chi connectivity index (χ0) is 13.0. The van der Waals surface area contributed by atoms with Crippen molar-refractivity contribution in [2.24, 2.45) is 5.92 Å². The van der Waals surface area contributed by atoms with Crippen LogP contribution in [-0.4, -0.2) is 36.9 Å². The van der Waals surface area contributed by atoms with Crippen molar-refractivity contribution >= 4 is 28.8 Å². The Kier molecular flexibility index (Phi) is 5.00. The summed E-state index contributed by atoms with van der Waals surface area (Å²) in [6, 6.07) is 3.37. The van der Waals surface area contributed by atoms with E-state index in [1.54, 1.807) is 12.1 Å². The number of nitrogens with one attached hydrogen (secondary N) is 1. The first-order valence-corrected chi connectivity index (χ1v) is 7.15. The number of halogens is 1. The summed E-state index contributed by atoms with van der Waals surface area (Å²) in [5.74, 6) is 0.0315. The van der Waals surface area contributed by atoms with Gasteiger partial charge in [0.05, 0.1) is 15.3 Å². The second kappa shape index (κ2) is 6.52. The molecule has 0 unspecified atom stereocenters. The third-order valence-corrected chi connectivity index (χ3v) is 4.31. The second-order valence-corrected chi connectivity index (χ2v) is 6.05. The molecule has 2 heterocycles. The first-order valence-electron chi connectivity index (χ1n) is 5.96. The predicted molar refractivity (Wildman–Crippen MR) is 71.2 cm³/mol. The summed E-state index contributed by atoms with van der Waals surface area (Å²) in [6.45, 7) is 1.66. The standard InChI is InChI=1S/C12H16ClNO3S/c13-11-2-1-10(18-11)12(16)14-7-9(15)8-3-5-17-6-4-8/h1-2,8-9,15H,3-7H2,(H,14,16)/t9-/m0/s1. The molecule has 6 heteroatoms. The van der Waals surface area contributed by atoms with Crippen LogP contribution in [0.25, 0.3) is 0 Å². The van der Waals surface area contributed by atoms with Crippen LogP contribution in [0.15, 0.2) is 12.1 Å². The van der Waals surface area contributed by atoms with E-state index in [-0.39, 0.29) is 18.4 Å². The fourth-order valence-corrected chi connectivity index (χ4v) is 2.95. The zero-order valence-corrected chi connectivity index (χ0v) is 11.5. The predicted octanol–water partition coefficient (Wildman–Crippen LogP) is 1.92. The molecule has 0 radical (unpaired) electrons. The molecule has 1 saturated heterocycles. The maximum absolute atomic E-state index is 11.8. The van der Waals surface area contributed by atoms with Gasteiger partial charge in [-0.1, -0.05) is 11.6 Å². The van der Waals surface area contributed by atoms with E-state index < -0.39 is 6.10 Å². The maximum Gasteiger partial charge on any atom is 0.261 e. The number of aliphatic hydroxyl groups excluding tert-OH is 1. The molecule has 0 saturated carbocycles. The van der Waals surface area contributed by atoms with Crippen LogP contribution < -0.4 is 5.32 Å². The lowest BCUT2D eigenvalue weighted by Crippen LogP contribution is -2.38. The molecule has 1 amide bonds. The lowest BCUT2D eigenvalue weighted by Gasteiger charge is -2.26. The maximum atomic E-state index is 11.8. The Hall–Kier alpha value is -0.620. The third-order valence-electron chi connectivity index (χ3n) is 3.08. The van der Waals surface area contributed by atoms with E-state index in [2.05, 4.69) is 5.32 Å². The quantitative estimate of drug-likeness (QED) is 0.890. The summed E-state index contributed by atoms with van der Waals surface area (Å²) in [5, 5.41) is 12.7. The lowest BCUT2D eigenvalue weighted by atomic mass is 9.94. The average molecular weight is 290 g/mol. The van der Waals surface area contributed by atoms with Crippen molar-refractivity contribution < 1.29 is 14.6 Å². The van der Waals surface area contributed by atoms with Gasteiger partial charge >= 0.3 is 0 Å². The van der Waals surface area contributed by atoms with Crippen LogP contribution in [0.3, 0.4) is 0 Å². The molecule has 0 aromatic carbocycles. The highest BCUT2D eigenvalue weighted by atomic mass is 35.5. The zero-order valence-electron chi connectivity index (χ0n) is 9.89. The minimum absolute atomic E-state index is 0.182. The smallest absolute Gasteiger partial charge is 0.261 e. The minimum atomic E-state index is -0.506. The highest BCUT2D eigenvalue weighted by Crippen LogP contribution is 2.21. The summed E-state index contributed by atoms with van der Waals surface area (Å²) in [4.78, 5) is 12.3. The van der Waals surface area contributed by atoms with Gasteiger partial charge in [0.15, 0.2) is 0 Å². The Morgan fingerprint density at radius 3 is 2.89 bits per heavy atom. The topological polar surface area (TPSA) is 58.6 Å². The van der Waals surface area contributed by atoms with Gasteiger partial charge in [-0.25, -0.2) is 0 Å². The van der Waals surface area contributed by atoms with E-state index in [0.717, 1.165) is 12.8 Å². The largest absolute Gasteiger partial charge is 0.391 e. The molecule has 1 aromatic heterocycles. The molecular formula is C12H16ClNO3S. The average Bonchev–Trinajstić information content (AvgIpc) is 2.83. The van der Waals surface area contributed by atoms with Crippen molar-refractivity contribution in [2.75, 3.05) is 19.8 Å². The monoisotopic (exact) mass is 289 g/mol. The molecule has 1 aromatic rings. The van der Waals surface area contributed by atoms with Crippen molar-refractivity contribution in [1.82, 2.24) is 5.32 Å². The fraction of sp³-hybridized carbons (Fsp3) is 0.583. The van der Waals surface area contributed by atoms with E-state index in [1.807, 2.05) is 0 Å². The molecule has 1 aliphatic heterocycles. The van der Waals surface area contributed by atoms with Crippen LogP contribution in [0.5, 0.6) is 0 Å². The van der Waals surface area contributed by atoms with Crippen LogP contribution in [0.4, 0.5) is 0 Å². The van der Waals surface area contributed by atoms with Crippen molar-refractivity contribution in [3.63, 3.8) is 0 Å². The number of aliphatic hydroxyl groups is 1. The summed E-state index contributed by atoms with van der Waals surface area (Å²) >= 11 is 7.00. The Balaban J connectivity index is 1.78. The number of hydrogen-bond acceptors (Lipinski definition) is 4. The number of carbonyl (C=O) groups excluding carboxylic acids is 1. The van der Waals surface area contributed by atoms with E-state index >= 15 is 0 Å². The van der Waals surface area contributed by atoms with Gasteiger partial charge in [0.25, 0.3) is 5.91 Å². The summed E-state index contributed by atoms with van der Waals surface area (Å²) in [5.41, 5.74) is 0. The number of thiophene rings is 1. The Labute approximate surface area is 115 Å². The molecule has 2 rings (SSSR count). The highest BCUT2D eigenvalue weighted by molar-refractivity contribution is 7.17. The molecule has 0 bridgehead atoms. The van der Waals surface area contributed by atoms with Gasteiger partial charge in [0, 0.05) is 19.8 Å². The van der Waals surface area contributed by atoms with Crippen LogP contribution in [0.1, 0.15) is 22.5 Å². The summed E-state index contributed by atoms with van der Waals surface area (Å²) in [6.07, 6.45) is 1.19. The van der Waals surface area contributed by atoms with E-state index in [9.17, 15) is 9.90 Å². The van der Waals surface area contributed by atoms with Gasteiger partial charge in [-0.2, -0.15) is 0 Å². The lowest BCUT2D eigenvalue weighted by molar-refractivity contribution is 0.00874. The van der Waals surface area contributed by atoms with Crippen molar-refractivity contribution in [1.29, 1.82) is 0 Å².